The van der Waals surface area contributed by atoms with Crippen LogP contribution in [0, 0.1) is 0 Å². The second-order valence-corrected chi connectivity index (χ2v) is 7.31. The van der Waals surface area contributed by atoms with E-state index in [1.54, 1.807) is 0 Å². The number of benzene rings is 3. The summed E-state index contributed by atoms with van der Waals surface area (Å²) < 4.78 is 0. The lowest BCUT2D eigenvalue weighted by Gasteiger charge is -2.23. The number of para-hydroxylation sites is 2. The number of anilines is 3. The standard InChI is InChI=1S/C23H21Cl2N3/c24-13-15-28(16-14-25)18-11-9-17(10-12-18)26-23-19-5-1-3-7-21(19)27-22-8-4-2-6-20(22)23/h1-12H,13-16H2,(H,26,27). The quantitative estimate of drug-likeness (QED) is 0.282. The number of pyridine rings is 1. The number of hydrogen-bond donors (Lipinski definition) is 1. The van der Waals surface area contributed by atoms with Crippen LogP contribution in [0.25, 0.3) is 21.8 Å². The van der Waals surface area contributed by atoms with Crippen molar-refractivity contribution in [3.63, 3.8) is 0 Å². The summed E-state index contributed by atoms with van der Waals surface area (Å²) in [5.74, 6) is 1.15. The minimum absolute atomic E-state index is 0.575. The van der Waals surface area contributed by atoms with E-state index in [2.05, 4.69) is 46.6 Å². The van der Waals surface area contributed by atoms with Crippen molar-refractivity contribution >= 4 is 62.1 Å². The third kappa shape index (κ3) is 3.87. The average molecular weight is 410 g/mol. The van der Waals surface area contributed by atoms with Crippen LogP contribution in [-0.4, -0.2) is 29.8 Å². The molecule has 0 aliphatic heterocycles. The molecule has 0 radical (unpaired) electrons. The van der Waals surface area contributed by atoms with Gasteiger partial charge in [-0.25, -0.2) is 4.98 Å². The van der Waals surface area contributed by atoms with Crippen LogP contribution in [0.3, 0.4) is 0 Å². The summed E-state index contributed by atoms with van der Waals surface area (Å²) in [6.45, 7) is 1.56. The SMILES string of the molecule is ClCCN(CCCl)c1ccc(Nc2c3ccccc3nc3ccccc23)cc1. The molecule has 0 atom stereocenters. The van der Waals surface area contributed by atoms with Crippen LogP contribution in [0.1, 0.15) is 0 Å². The predicted octanol–water partition coefficient (Wildman–Crippen LogP) is 6.42. The van der Waals surface area contributed by atoms with Gasteiger partial charge in [-0.05, 0) is 36.4 Å². The summed E-state index contributed by atoms with van der Waals surface area (Å²) in [5.41, 5.74) is 5.19. The van der Waals surface area contributed by atoms with Crippen molar-refractivity contribution < 1.29 is 0 Å². The third-order valence-corrected chi connectivity index (χ3v) is 5.14. The van der Waals surface area contributed by atoms with E-state index in [1.807, 2.05) is 36.4 Å². The Morgan fingerprint density at radius 1 is 0.714 bits per heavy atom. The molecule has 4 aromatic rings. The van der Waals surface area contributed by atoms with Gasteiger partial charge in [0.25, 0.3) is 0 Å². The Bertz CT molecular complexity index is 1020. The number of aromatic nitrogens is 1. The Kier molecular flexibility index (Phi) is 5.84. The van der Waals surface area contributed by atoms with Crippen molar-refractivity contribution in [3.05, 3.63) is 72.8 Å². The molecule has 1 heterocycles. The lowest BCUT2D eigenvalue weighted by molar-refractivity contribution is 0.874. The highest BCUT2D eigenvalue weighted by Crippen LogP contribution is 2.33. The van der Waals surface area contributed by atoms with E-state index in [-0.39, 0.29) is 0 Å². The van der Waals surface area contributed by atoms with Crippen LogP contribution < -0.4 is 10.2 Å². The number of hydrogen-bond acceptors (Lipinski definition) is 3. The number of nitrogens with zero attached hydrogens (tertiary/aromatic N) is 2. The number of rotatable bonds is 7. The fourth-order valence-electron chi connectivity index (χ4n) is 3.45. The Morgan fingerprint density at radius 2 is 1.25 bits per heavy atom. The van der Waals surface area contributed by atoms with Gasteiger partial charge < -0.3 is 10.2 Å². The molecule has 0 bridgehead atoms. The van der Waals surface area contributed by atoms with E-state index in [1.165, 1.54) is 0 Å². The summed E-state index contributed by atoms with van der Waals surface area (Å²) in [5, 5.41) is 5.82. The molecule has 3 aromatic carbocycles. The van der Waals surface area contributed by atoms with E-state index in [0.717, 1.165) is 52.0 Å². The highest BCUT2D eigenvalue weighted by atomic mass is 35.5. The zero-order valence-electron chi connectivity index (χ0n) is 15.4. The summed E-state index contributed by atoms with van der Waals surface area (Å²) in [7, 11) is 0. The minimum Gasteiger partial charge on any atom is -0.369 e. The number of alkyl halides is 2. The molecule has 0 aliphatic carbocycles. The van der Waals surface area contributed by atoms with Gasteiger partial charge in [-0.3, -0.25) is 0 Å². The van der Waals surface area contributed by atoms with Crippen LogP contribution in [-0.2, 0) is 0 Å². The van der Waals surface area contributed by atoms with Gasteiger partial charge in [-0.2, -0.15) is 0 Å². The fourth-order valence-corrected chi connectivity index (χ4v) is 3.86. The van der Waals surface area contributed by atoms with Crippen molar-refractivity contribution in [2.75, 3.05) is 35.1 Å². The van der Waals surface area contributed by atoms with Crippen LogP contribution in [0.2, 0.25) is 0 Å². The first-order valence-electron chi connectivity index (χ1n) is 9.31. The normalized spacial score (nSPS) is 11.1. The van der Waals surface area contributed by atoms with Crippen LogP contribution in [0.5, 0.6) is 0 Å². The van der Waals surface area contributed by atoms with Crippen molar-refractivity contribution in [3.8, 4) is 0 Å². The molecular weight excluding hydrogens is 389 g/mol. The lowest BCUT2D eigenvalue weighted by Crippen LogP contribution is -2.27. The van der Waals surface area contributed by atoms with E-state index in [9.17, 15) is 0 Å². The van der Waals surface area contributed by atoms with Gasteiger partial charge in [0.1, 0.15) is 0 Å². The molecule has 0 fully saturated rings. The maximum Gasteiger partial charge on any atom is 0.0730 e. The number of fused-ring (bicyclic) bond motifs is 2. The van der Waals surface area contributed by atoms with Gasteiger partial charge in [0, 0.05) is 47.0 Å². The zero-order valence-corrected chi connectivity index (χ0v) is 16.9. The predicted molar refractivity (Wildman–Crippen MR) is 123 cm³/mol. The molecular formula is C23H21Cl2N3. The first-order chi connectivity index (χ1) is 13.8. The Morgan fingerprint density at radius 3 is 1.79 bits per heavy atom. The van der Waals surface area contributed by atoms with Crippen molar-refractivity contribution in [1.82, 2.24) is 4.98 Å². The highest BCUT2D eigenvalue weighted by Gasteiger charge is 2.10. The highest BCUT2D eigenvalue weighted by molar-refractivity contribution is 6.18. The molecule has 28 heavy (non-hydrogen) atoms. The topological polar surface area (TPSA) is 28.2 Å². The van der Waals surface area contributed by atoms with Gasteiger partial charge >= 0.3 is 0 Å². The molecule has 4 rings (SSSR count). The van der Waals surface area contributed by atoms with Crippen LogP contribution in [0.15, 0.2) is 72.8 Å². The summed E-state index contributed by atoms with van der Waals surface area (Å²) in [4.78, 5) is 6.98. The van der Waals surface area contributed by atoms with Gasteiger partial charge in [0.05, 0.1) is 16.7 Å². The van der Waals surface area contributed by atoms with Crippen molar-refractivity contribution in [1.29, 1.82) is 0 Å². The molecule has 0 saturated heterocycles. The molecule has 0 amide bonds. The van der Waals surface area contributed by atoms with E-state index in [0.29, 0.717) is 11.8 Å². The maximum absolute atomic E-state index is 5.93. The fraction of sp³-hybridized carbons (Fsp3) is 0.174. The van der Waals surface area contributed by atoms with Gasteiger partial charge in [-0.1, -0.05) is 36.4 Å². The molecule has 1 aromatic heterocycles. The summed E-state index contributed by atoms with van der Waals surface area (Å²) in [6, 6.07) is 24.8. The van der Waals surface area contributed by atoms with E-state index in [4.69, 9.17) is 28.2 Å². The summed E-state index contributed by atoms with van der Waals surface area (Å²) in [6.07, 6.45) is 0. The molecule has 1 N–H and O–H groups in total. The molecule has 5 heteroatoms. The number of halogens is 2. The molecule has 142 valence electrons. The monoisotopic (exact) mass is 409 g/mol. The third-order valence-electron chi connectivity index (χ3n) is 4.80. The average Bonchev–Trinajstić information content (AvgIpc) is 2.74. The van der Waals surface area contributed by atoms with Gasteiger partial charge in [-0.15, -0.1) is 23.2 Å². The molecule has 0 spiro atoms. The Balaban J connectivity index is 1.71. The van der Waals surface area contributed by atoms with Gasteiger partial charge in [0.2, 0.25) is 0 Å². The molecule has 3 nitrogen and oxygen atoms in total. The first-order valence-corrected chi connectivity index (χ1v) is 10.4. The van der Waals surface area contributed by atoms with Crippen molar-refractivity contribution in [2.24, 2.45) is 0 Å². The lowest BCUT2D eigenvalue weighted by atomic mass is 10.1. The van der Waals surface area contributed by atoms with E-state index >= 15 is 0 Å². The number of nitrogens with one attached hydrogen (secondary N) is 1. The Labute approximate surface area is 174 Å². The van der Waals surface area contributed by atoms with Crippen molar-refractivity contribution in [2.45, 2.75) is 0 Å². The summed E-state index contributed by atoms with van der Waals surface area (Å²) >= 11 is 11.9. The smallest absolute Gasteiger partial charge is 0.0730 e. The minimum atomic E-state index is 0.575. The van der Waals surface area contributed by atoms with Crippen LogP contribution >= 0.6 is 23.2 Å². The van der Waals surface area contributed by atoms with Crippen LogP contribution in [0.4, 0.5) is 17.1 Å². The zero-order chi connectivity index (χ0) is 19.3. The second kappa shape index (κ2) is 8.68. The maximum atomic E-state index is 5.93. The first kappa shape index (κ1) is 18.9. The van der Waals surface area contributed by atoms with E-state index < -0.39 is 0 Å². The molecule has 0 aliphatic rings. The van der Waals surface area contributed by atoms with Gasteiger partial charge in [0.15, 0.2) is 0 Å². The molecule has 0 unspecified atom stereocenters. The second-order valence-electron chi connectivity index (χ2n) is 6.56. The Hall–Kier alpha value is -2.49. The molecule has 0 saturated carbocycles. The largest absolute Gasteiger partial charge is 0.369 e.